The van der Waals surface area contributed by atoms with Gasteiger partial charge in [0.25, 0.3) is 5.69 Å². The molecule has 2 rings (SSSR count). The maximum Gasteiger partial charge on any atom is 0.269 e. The molecule has 0 heterocycles. The summed E-state index contributed by atoms with van der Waals surface area (Å²) >= 11 is 2.23. The van der Waals surface area contributed by atoms with Crippen LogP contribution in [-0.2, 0) is 0 Å². The van der Waals surface area contributed by atoms with Crippen LogP contribution in [0.1, 0.15) is 0 Å². The van der Waals surface area contributed by atoms with Gasteiger partial charge >= 0.3 is 0 Å². The molecule has 0 spiro atoms. The quantitative estimate of drug-likeness (QED) is 0.523. The highest BCUT2D eigenvalue weighted by Crippen LogP contribution is 2.23. The summed E-state index contributed by atoms with van der Waals surface area (Å²) in [5.74, 6) is 0. The molecule has 4 nitrogen and oxygen atoms in total. The SMILES string of the molecule is O=[N+]([O-])c1ccc(Nc2ccccc2I)cc1. The van der Waals surface area contributed by atoms with Crippen molar-refractivity contribution in [2.75, 3.05) is 5.32 Å². The van der Waals surface area contributed by atoms with Gasteiger partial charge in [-0.25, -0.2) is 0 Å². The van der Waals surface area contributed by atoms with Gasteiger partial charge in [-0.3, -0.25) is 10.1 Å². The number of anilines is 2. The first kappa shape index (κ1) is 11.8. The Hall–Kier alpha value is -1.63. The van der Waals surface area contributed by atoms with E-state index in [1.807, 2.05) is 24.3 Å². The van der Waals surface area contributed by atoms with Crippen molar-refractivity contribution < 1.29 is 4.92 Å². The predicted octanol–water partition coefficient (Wildman–Crippen LogP) is 3.94. The second-order valence-electron chi connectivity index (χ2n) is 3.41. The standard InChI is InChI=1S/C12H9IN2O2/c13-11-3-1-2-4-12(11)14-9-5-7-10(8-6-9)15(16)17/h1-8,14H. The second kappa shape index (κ2) is 5.13. The molecule has 2 aromatic carbocycles. The molecule has 0 aliphatic rings. The van der Waals surface area contributed by atoms with Gasteiger partial charge in [-0.1, -0.05) is 12.1 Å². The molecule has 0 aromatic heterocycles. The Morgan fingerprint density at radius 2 is 1.71 bits per heavy atom. The van der Waals surface area contributed by atoms with Gasteiger partial charge in [0, 0.05) is 21.4 Å². The normalized spacial score (nSPS) is 9.94. The largest absolute Gasteiger partial charge is 0.355 e. The van der Waals surface area contributed by atoms with Crippen molar-refractivity contribution in [2.24, 2.45) is 0 Å². The molecule has 0 radical (unpaired) electrons. The third kappa shape index (κ3) is 2.94. The molecule has 2 aromatic rings. The fourth-order valence-corrected chi connectivity index (χ4v) is 1.91. The van der Waals surface area contributed by atoms with E-state index >= 15 is 0 Å². The molecule has 0 fully saturated rings. The minimum Gasteiger partial charge on any atom is -0.355 e. The summed E-state index contributed by atoms with van der Waals surface area (Å²) in [6, 6.07) is 14.2. The summed E-state index contributed by atoms with van der Waals surface area (Å²) in [6.45, 7) is 0. The fraction of sp³-hybridized carbons (Fsp3) is 0. The molecular formula is C12H9IN2O2. The first-order valence-electron chi connectivity index (χ1n) is 4.93. The Morgan fingerprint density at radius 3 is 2.29 bits per heavy atom. The van der Waals surface area contributed by atoms with Crippen LogP contribution in [-0.4, -0.2) is 4.92 Å². The number of nitrogens with one attached hydrogen (secondary N) is 1. The third-order valence-electron chi connectivity index (χ3n) is 2.23. The molecule has 1 N–H and O–H groups in total. The van der Waals surface area contributed by atoms with Crippen LogP contribution in [0, 0.1) is 13.7 Å². The van der Waals surface area contributed by atoms with E-state index in [4.69, 9.17) is 0 Å². The molecule has 0 unspecified atom stereocenters. The molecule has 0 atom stereocenters. The molecule has 0 aliphatic heterocycles. The van der Waals surface area contributed by atoms with Gasteiger partial charge in [0.05, 0.1) is 10.6 Å². The molecule has 86 valence electrons. The van der Waals surface area contributed by atoms with Crippen LogP contribution in [0.4, 0.5) is 17.1 Å². The van der Waals surface area contributed by atoms with E-state index in [9.17, 15) is 10.1 Å². The van der Waals surface area contributed by atoms with Crippen LogP contribution in [0.15, 0.2) is 48.5 Å². The topological polar surface area (TPSA) is 55.2 Å². The number of non-ortho nitro benzene ring substituents is 1. The Balaban J connectivity index is 2.20. The Labute approximate surface area is 112 Å². The van der Waals surface area contributed by atoms with E-state index in [2.05, 4.69) is 27.9 Å². The smallest absolute Gasteiger partial charge is 0.269 e. The number of halogens is 1. The number of nitro benzene ring substituents is 1. The van der Waals surface area contributed by atoms with E-state index in [-0.39, 0.29) is 5.69 Å². The highest BCUT2D eigenvalue weighted by atomic mass is 127. The maximum absolute atomic E-state index is 10.5. The molecule has 5 heteroatoms. The first-order chi connectivity index (χ1) is 8.16. The zero-order valence-electron chi connectivity index (χ0n) is 8.76. The van der Waals surface area contributed by atoms with Gasteiger partial charge in [0.1, 0.15) is 0 Å². The molecule has 0 aliphatic carbocycles. The minimum atomic E-state index is -0.407. The lowest BCUT2D eigenvalue weighted by Gasteiger charge is -2.07. The van der Waals surface area contributed by atoms with Gasteiger partial charge in [-0.05, 0) is 46.9 Å². The van der Waals surface area contributed by atoms with Gasteiger partial charge in [0.2, 0.25) is 0 Å². The van der Waals surface area contributed by atoms with Crippen molar-refractivity contribution in [1.82, 2.24) is 0 Å². The Morgan fingerprint density at radius 1 is 1.06 bits per heavy atom. The van der Waals surface area contributed by atoms with Crippen molar-refractivity contribution in [2.45, 2.75) is 0 Å². The number of nitro groups is 1. The summed E-state index contributed by atoms with van der Waals surface area (Å²) < 4.78 is 1.10. The molecule has 0 bridgehead atoms. The number of rotatable bonds is 3. The number of nitrogens with zero attached hydrogens (tertiary/aromatic N) is 1. The summed E-state index contributed by atoms with van der Waals surface area (Å²) in [5.41, 5.74) is 1.92. The lowest BCUT2D eigenvalue weighted by atomic mass is 10.2. The molecule has 0 saturated carbocycles. The van der Waals surface area contributed by atoms with Crippen LogP contribution in [0.25, 0.3) is 0 Å². The monoisotopic (exact) mass is 340 g/mol. The number of benzene rings is 2. The van der Waals surface area contributed by atoms with E-state index in [0.29, 0.717) is 0 Å². The summed E-state index contributed by atoms with van der Waals surface area (Å²) in [6.07, 6.45) is 0. The van der Waals surface area contributed by atoms with E-state index in [1.54, 1.807) is 12.1 Å². The predicted molar refractivity (Wildman–Crippen MR) is 75.5 cm³/mol. The van der Waals surface area contributed by atoms with Crippen LogP contribution in [0.2, 0.25) is 0 Å². The highest BCUT2D eigenvalue weighted by Gasteiger charge is 2.04. The number of hydrogen-bond donors (Lipinski definition) is 1. The molecule has 0 saturated heterocycles. The average molecular weight is 340 g/mol. The Bertz CT molecular complexity index is 540. The van der Waals surface area contributed by atoms with E-state index < -0.39 is 4.92 Å². The van der Waals surface area contributed by atoms with Gasteiger partial charge in [-0.2, -0.15) is 0 Å². The van der Waals surface area contributed by atoms with Crippen molar-refractivity contribution in [3.8, 4) is 0 Å². The number of hydrogen-bond acceptors (Lipinski definition) is 3. The lowest BCUT2D eigenvalue weighted by Crippen LogP contribution is -1.93. The van der Waals surface area contributed by atoms with E-state index in [1.165, 1.54) is 12.1 Å². The summed E-state index contributed by atoms with van der Waals surface area (Å²) in [5, 5.41) is 13.7. The molecular weight excluding hydrogens is 331 g/mol. The summed E-state index contributed by atoms with van der Waals surface area (Å²) in [7, 11) is 0. The number of para-hydroxylation sites is 1. The summed E-state index contributed by atoms with van der Waals surface area (Å²) in [4.78, 5) is 10.1. The van der Waals surface area contributed by atoms with Crippen molar-refractivity contribution >= 4 is 39.7 Å². The first-order valence-corrected chi connectivity index (χ1v) is 6.01. The van der Waals surface area contributed by atoms with E-state index in [0.717, 1.165) is 14.9 Å². The third-order valence-corrected chi connectivity index (χ3v) is 3.17. The van der Waals surface area contributed by atoms with Gasteiger partial charge < -0.3 is 5.32 Å². The van der Waals surface area contributed by atoms with Crippen LogP contribution >= 0.6 is 22.6 Å². The molecule has 0 amide bonds. The zero-order valence-corrected chi connectivity index (χ0v) is 10.9. The second-order valence-corrected chi connectivity index (χ2v) is 4.57. The Kier molecular flexibility index (Phi) is 3.58. The van der Waals surface area contributed by atoms with Gasteiger partial charge in [-0.15, -0.1) is 0 Å². The van der Waals surface area contributed by atoms with Crippen LogP contribution in [0.3, 0.4) is 0 Å². The van der Waals surface area contributed by atoms with Crippen LogP contribution < -0.4 is 5.32 Å². The average Bonchev–Trinajstić information content (AvgIpc) is 2.33. The lowest BCUT2D eigenvalue weighted by molar-refractivity contribution is -0.384. The van der Waals surface area contributed by atoms with Crippen molar-refractivity contribution in [3.05, 3.63) is 62.2 Å². The van der Waals surface area contributed by atoms with Crippen molar-refractivity contribution in [3.63, 3.8) is 0 Å². The minimum absolute atomic E-state index is 0.0957. The van der Waals surface area contributed by atoms with Crippen LogP contribution in [0.5, 0.6) is 0 Å². The fourth-order valence-electron chi connectivity index (χ4n) is 1.38. The van der Waals surface area contributed by atoms with Crippen molar-refractivity contribution in [1.29, 1.82) is 0 Å². The van der Waals surface area contributed by atoms with Gasteiger partial charge in [0.15, 0.2) is 0 Å². The molecule has 17 heavy (non-hydrogen) atoms. The highest BCUT2D eigenvalue weighted by molar-refractivity contribution is 14.1. The maximum atomic E-state index is 10.5. The zero-order chi connectivity index (χ0) is 12.3.